The molecule has 0 aromatic heterocycles. The van der Waals surface area contributed by atoms with E-state index in [0.717, 1.165) is 6.04 Å². The zero-order valence-electron chi connectivity index (χ0n) is 16.9. The van der Waals surface area contributed by atoms with Crippen molar-refractivity contribution in [2.45, 2.75) is 79.8 Å². The lowest BCUT2D eigenvalue weighted by molar-refractivity contribution is 0.0751. The lowest BCUT2D eigenvalue weighted by Crippen LogP contribution is -2.57. The summed E-state index contributed by atoms with van der Waals surface area (Å²) in [6, 6.07) is 0.826. The second-order valence-electron chi connectivity index (χ2n) is 8.42. The average Bonchev–Trinajstić information content (AvgIpc) is 2.20. The molecule has 0 saturated heterocycles. The molecule has 0 amide bonds. The molecule has 0 saturated carbocycles. The lowest BCUT2D eigenvalue weighted by atomic mass is 10.7. The van der Waals surface area contributed by atoms with Gasteiger partial charge in [0.2, 0.25) is 0 Å². The van der Waals surface area contributed by atoms with Crippen molar-refractivity contribution in [1.29, 1.82) is 0 Å². The molecule has 156 valence electrons. The highest BCUT2D eigenvalue weighted by molar-refractivity contribution is 6.89. The van der Waals surface area contributed by atoms with E-state index in [4.69, 9.17) is 21.8 Å². The number of ether oxygens (including phenoxy) is 2. The Morgan fingerprint density at radius 2 is 1.08 bits per heavy atom. The minimum atomic E-state index is -2.33. The van der Waals surface area contributed by atoms with Gasteiger partial charge in [-0.05, 0) is 58.9 Å². The highest BCUT2D eigenvalue weighted by atomic mass is 28.5. The van der Waals surface area contributed by atoms with E-state index in [1.54, 1.807) is 7.11 Å². The Morgan fingerprint density at radius 3 is 1.48 bits per heavy atom. The second-order valence-corrected chi connectivity index (χ2v) is 24.9. The second kappa shape index (κ2) is 12.2. The van der Waals surface area contributed by atoms with Gasteiger partial charge in [-0.3, -0.25) is 0 Å². The third-order valence-electron chi connectivity index (χ3n) is 2.67. The molecule has 0 rings (SSSR count). The first-order valence-electron chi connectivity index (χ1n) is 8.35. The molecule has 0 aliphatic heterocycles. The van der Waals surface area contributed by atoms with Gasteiger partial charge < -0.3 is 21.8 Å². The van der Waals surface area contributed by atoms with E-state index in [0.29, 0.717) is 19.8 Å². The van der Waals surface area contributed by atoms with Gasteiger partial charge in [-0.1, -0.05) is 14.9 Å². The molecule has 1 atom stereocenters. The van der Waals surface area contributed by atoms with Gasteiger partial charge in [0.1, 0.15) is 0 Å². The van der Waals surface area contributed by atoms with E-state index >= 15 is 0 Å². The van der Waals surface area contributed by atoms with Crippen molar-refractivity contribution in [3.05, 3.63) is 0 Å². The van der Waals surface area contributed by atoms with Crippen LogP contribution in [0.1, 0.15) is 14.9 Å². The molecule has 0 radical (unpaired) electrons. The van der Waals surface area contributed by atoms with E-state index in [1.165, 1.54) is 0 Å². The predicted molar refractivity (Wildman–Crippen MR) is 120 cm³/mol. The summed E-state index contributed by atoms with van der Waals surface area (Å²) in [4.78, 5) is 0. The fraction of sp³-hybridized carbons (Fsp3) is 1.00. The maximum absolute atomic E-state index is 6.58. The summed E-state index contributed by atoms with van der Waals surface area (Å²) in [5.74, 6) is 0. The van der Waals surface area contributed by atoms with E-state index in [1.807, 2.05) is 0 Å². The largest absolute Gasteiger partial charge is 0.437 e. The molecular formula is C16H46O5Si4. The van der Waals surface area contributed by atoms with Crippen molar-refractivity contribution in [2.75, 3.05) is 26.9 Å². The summed E-state index contributed by atoms with van der Waals surface area (Å²) in [5.41, 5.74) is 0. The SMILES string of the molecule is C.C.COCCOCC[Si](C)(O[Si](C)(C)C)O[Si](C)(C)O[Si](C)(C)C. The van der Waals surface area contributed by atoms with Crippen LogP contribution in [0.15, 0.2) is 0 Å². The summed E-state index contributed by atoms with van der Waals surface area (Å²) < 4.78 is 30.1. The minimum Gasteiger partial charge on any atom is -0.437 e. The molecule has 0 aromatic carbocycles. The molecule has 0 bridgehead atoms. The fourth-order valence-corrected chi connectivity index (χ4v) is 20.2. The molecule has 25 heavy (non-hydrogen) atoms. The monoisotopic (exact) mass is 430 g/mol. The highest BCUT2D eigenvalue weighted by Gasteiger charge is 2.44. The molecule has 0 N–H and O–H groups in total. The highest BCUT2D eigenvalue weighted by Crippen LogP contribution is 2.26. The number of rotatable bonds is 12. The van der Waals surface area contributed by atoms with Crippen molar-refractivity contribution >= 4 is 33.8 Å². The van der Waals surface area contributed by atoms with Crippen molar-refractivity contribution < 1.29 is 21.8 Å². The lowest BCUT2D eigenvalue weighted by Gasteiger charge is -2.41. The quantitative estimate of drug-likeness (QED) is 0.306. The normalized spacial score (nSPS) is 15.1. The summed E-state index contributed by atoms with van der Waals surface area (Å²) in [6.07, 6.45) is 0. The van der Waals surface area contributed by atoms with Gasteiger partial charge >= 0.3 is 17.1 Å². The summed E-state index contributed by atoms with van der Waals surface area (Å²) in [5, 5.41) is 0. The van der Waals surface area contributed by atoms with E-state index in [2.05, 4.69) is 58.9 Å². The van der Waals surface area contributed by atoms with Crippen LogP contribution >= 0.6 is 0 Å². The Bertz CT molecular complexity index is 342. The van der Waals surface area contributed by atoms with Crippen molar-refractivity contribution in [3.63, 3.8) is 0 Å². The van der Waals surface area contributed by atoms with Gasteiger partial charge in [-0.15, -0.1) is 0 Å². The van der Waals surface area contributed by atoms with Crippen LogP contribution in [0.5, 0.6) is 0 Å². The van der Waals surface area contributed by atoms with Crippen LogP contribution in [0.25, 0.3) is 0 Å². The maximum atomic E-state index is 6.58. The first-order chi connectivity index (χ1) is 10.2. The number of methoxy groups -OCH3 is 1. The summed E-state index contributed by atoms with van der Waals surface area (Å²) in [7, 11) is -6.18. The summed E-state index contributed by atoms with van der Waals surface area (Å²) in [6.45, 7) is 21.6. The zero-order valence-corrected chi connectivity index (χ0v) is 20.9. The van der Waals surface area contributed by atoms with Crippen LogP contribution in [-0.2, 0) is 21.8 Å². The third kappa shape index (κ3) is 17.8. The molecule has 9 heteroatoms. The first kappa shape index (κ1) is 30.4. The Kier molecular flexibility index (Phi) is 14.8. The molecule has 0 fully saturated rings. The van der Waals surface area contributed by atoms with Crippen LogP contribution in [0.2, 0.25) is 65.0 Å². The molecule has 0 spiro atoms. The van der Waals surface area contributed by atoms with Crippen molar-refractivity contribution in [1.82, 2.24) is 0 Å². The summed E-state index contributed by atoms with van der Waals surface area (Å²) >= 11 is 0. The predicted octanol–water partition coefficient (Wildman–Crippen LogP) is 5.42. The average molecular weight is 431 g/mol. The molecular weight excluding hydrogens is 385 g/mol. The topological polar surface area (TPSA) is 46.2 Å². The van der Waals surface area contributed by atoms with Crippen LogP contribution in [0.4, 0.5) is 0 Å². The van der Waals surface area contributed by atoms with Crippen molar-refractivity contribution in [3.8, 4) is 0 Å². The van der Waals surface area contributed by atoms with Gasteiger partial charge in [-0.25, -0.2) is 0 Å². The minimum absolute atomic E-state index is 0. The Hall–Kier alpha value is 0.668. The van der Waals surface area contributed by atoms with E-state index in [-0.39, 0.29) is 14.9 Å². The molecule has 0 aliphatic carbocycles. The van der Waals surface area contributed by atoms with Crippen LogP contribution in [-0.4, -0.2) is 60.7 Å². The Balaban J connectivity index is -0.00000242. The van der Waals surface area contributed by atoms with Gasteiger partial charge in [0.05, 0.1) is 13.2 Å². The fourth-order valence-electron chi connectivity index (χ4n) is 2.55. The number of hydrogen-bond donors (Lipinski definition) is 0. The molecule has 1 unspecified atom stereocenters. The van der Waals surface area contributed by atoms with Crippen LogP contribution < -0.4 is 0 Å². The van der Waals surface area contributed by atoms with Crippen molar-refractivity contribution in [2.24, 2.45) is 0 Å². The Labute approximate surface area is 162 Å². The third-order valence-corrected chi connectivity index (χ3v) is 16.1. The van der Waals surface area contributed by atoms with Crippen LogP contribution in [0, 0.1) is 0 Å². The number of hydrogen-bond acceptors (Lipinski definition) is 5. The molecule has 0 heterocycles. The molecule has 0 aliphatic rings. The van der Waals surface area contributed by atoms with Gasteiger partial charge in [0.15, 0.2) is 16.6 Å². The van der Waals surface area contributed by atoms with Gasteiger partial charge in [0.25, 0.3) is 0 Å². The zero-order chi connectivity index (χ0) is 18.4. The van der Waals surface area contributed by atoms with E-state index < -0.39 is 33.8 Å². The van der Waals surface area contributed by atoms with Gasteiger partial charge in [0, 0.05) is 19.8 Å². The standard InChI is InChI=1S/C14H38O5Si4.2CH4/c1-15-11-12-16-13-14-23(10,18-21(5,6)7)19-22(8,9)17-20(2,3)4;;/h11-14H2,1-10H3;2*1H4. The van der Waals surface area contributed by atoms with E-state index in [9.17, 15) is 0 Å². The Morgan fingerprint density at radius 1 is 0.600 bits per heavy atom. The molecule has 5 nitrogen and oxygen atoms in total. The molecule has 0 aromatic rings. The van der Waals surface area contributed by atoms with Crippen LogP contribution in [0.3, 0.4) is 0 Å². The first-order valence-corrected chi connectivity index (χ1v) is 20.5. The maximum Gasteiger partial charge on any atom is 0.318 e. The smallest absolute Gasteiger partial charge is 0.318 e. The van der Waals surface area contributed by atoms with Gasteiger partial charge in [-0.2, -0.15) is 0 Å².